The number of amides is 1. The molecule has 0 aliphatic rings. The largest absolute Gasteiger partial charge is 0.474 e. The lowest BCUT2D eigenvalue weighted by Gasteiger charge is -2.11. The number of fused-ring (bicyclic) bond motifs is 1. The van der Waals surface area contributed by atoms with E-state index in [1.165, 1.54) is 17.7 Å². The normalized spacial score (nSPS) is 10.9. The summed E-state index contributed by atoms with van der Waals surface area (Å²) in [4.78, 5) is 26.8. The number of aryl methyl sites for hydroxylation is 1. The second-order valence-electron chi connectivity index (χ2n) is 6.22. The number of hydrogen-bond acceptors (Lipinski definition) is 9. The Labute approximate surface area is 172 Å². The third-order valence-corrected chi connectivity index (χ3v) is 5.38. The minimum Gasteiger partial charge on any atom is -0.474 e. The molecule has 0 radical (unpaired) electrons. The SMILES string of the molecule is CNCCCNC(=O)c1sc2ncnc(Nc3cccnc3OCCO)c2c1C. The van der Waals surface area contributed by atoms with E-state index in [9.17, 15) is 4.79 Å². The number of thiophene rings is 1. The van der Waals surface area contributed by atoms with Gasteiger partial charge in [-0.25, -0.2) is 15.0 Å². The molecule has 0 unspecified atom stereocenters. The van der Waals surface area contributed by atoms with E-state index in [0.29, 0.717) is 28.8 Å². The Morgan fingerprint density at radius 1 is 1.28 bits per heavy atom. The first-order valence-electron chi connectivity index (χ1n) is 9.28. The van der Waals surface area contributed by atoms with Crippen molar-refractivity contribution in [2.24, 2.45) is 0 Å². The van der Waals surface area contributed by atoms with Crippen LogP contribution in [0, 0.1) is 6.92 Å². The molecule has 0 aromatic carbocycles. The number of nitrogens with zero attached hydrogens (tertiary/aromatic N) is 3. The van der Waals surface area contributed by atoms with Crippen molar-refractivity contribution in [3.8, 4) is 5.88 Å². The average Bonchev–Trinajstić information content (AvgIpc) is 3.08. The summed E-state index contributed by atoms with van der Waals surface area (Å²) >= 11 is 1.34. The van der Waals surface area contributed by atoms with Crippen LogP contribution in [0.3, 0.4) is 0 Å². The number of pyridine rings is 1. The van der Waals surface area contributed by atoms with E-state index >= 15 is 0 Å². The molecule has 0 atom stereocenters. The van der Waals surface area contributed by atoms with Gasteiger partial charge in [0.2, 0.25) is 5.88 Å². The highest BCUT2D eigenvalue weighted by atomic mass is 32.1. The van der Waals surface area contributed by atoms with Crippen LogP contribution in [0.15, 0.2) is 24.7 Å². The molecule has 0 fully saturated rings. The lowest BCUT2D eigenvalue weighted by atomic mass is 10.2. The van der Waals surface area contributed by atoms with Gasteiger partial charge in [-0.05, 0) is 44.6 Å². The topological polar surface area (TPSA) is 121 Å². The van der Waals surface area contributed by atoms with Crippen molar-refractivity contribution in [3.63, 3.8) is 0 Å². The Bertz CT molecular complexity index is 978. The van der Waals surface area contributed by atoms with Gasteiger partial charge in [0.25, 0.3) is 5.91 Å². The Hall–Kier alpha value is -2.82. The van der Waals surface area contributed by atoms with Gasteiger partial charge >= 0.3 is 0 Å². The van der Waals surface area contributed by atoms with Gasteiger partial charge in [-0.3, -0.25) is 4.79 Å². The van der Waals surface area contributed by atoms with Crippen molar-refractivity contribution in [1.82, 2.24) is 25.6 Å². The van der Waals surface area contributed by atoms with E-state index in [4.69, 9.17) is 9.84 Å². The van der Waals surface area contributed by atoms with Gasteiger partial charge < -0.3 is 25.8 Å². The Kier molecular flexibility index (Phi) is 7.28. The van der Waals surface area contributed by atoms with Crippen LogP contribution in [0.1, 0.15) is 21.7 Å². The minimum absolute atomic E-state index is 0.107. The molecular weight excluding hydrogens is 392 g/mol. The summed E-state index contributed by atoms with van der Waals surface area (Å²) in [5, 5.41) is 19.0. The fourth-order valence-corrected chi connectivity index (χ4v) is 3.87. The first-order chi connectivity index (χ1) is 14.2. The van der Waals surface area contributed by atoms with Crippen molar-refractivity contribution < 1.29 is 14.6 Å². The number of rotatable bonds is 10. The third kappa shape index (κ3) is 4.97. The second kappa shape index (κ2) is 10.1. The average molecular weight is 417 g/mol. The Morgan fingerprint density at radius 2 is 2.14 bits per heavy atom. The van der Waals surface area contributed by atoms with Crippen molar-refractivity contribution in [2.75, 3.05) is 38.7 Å². The Balaban J connectivity index is 1.87. The number of aliphatic hydroxyl groups is 1. The summed E-state index contributed by atoms with van der Waals surface area (Å²) in [6, 6.07) is 3.59. The number of hydrogen-bond donors (Lipinski definition) is 4. The maximum absolute atomic E-state index is 12.6. The highest BCUT2D eigenvalue weighted by Gasteiger charge is 2.20. The molecule has 154 valence electrons. The molecule has 0 bridgehead atoms. The van der Waals surface area contributed by atoms with Gasteiger partial charge in [0.1, 0.15) is 29.3 Å². The molecule has 3 rings (SSSR count). The number of anilines is 2. The Morgan fingerprint density at radius 3 is 2.93 bits per heavy atom. The summed E-state index contributed by atoms with van der Waals surface area (Å²) in [7, 11) is 1.88. The fourth-order valence-electron chi connectivity index (χ4n) is 2.80. The molecule has 9 nitrogen and oxygen atoms in total. The minimum atomic E-state index is -0.110. The van der Waals surface area contributed by atoms with Crippen LogP contribution in [0.4, 0.5) is 11.5 Å². The molecule has 0 saturated heterocycles. The number of aromatic nitrogens is 3. The van der Waals surface area contributed by atoms with Crippen LogP contribution in [0.2, 0.25) is 0 Å². The van der Waals surface area contributed by atoms with E-state index in [1.54, 1.807) is 12.3 Å². The molecule has 10 heteroatoms. The maximum atomic E-state index is 12.6. The summed E-state index contributed by atoms with van der Waals surface area (Å²) in [6.45, 7) is 3.37. The first-order valence-corrected chi connectivity index (χ1v) is 10.1. The van der Waals surface area contributed by atoms with Crippen molar-refractivity contribution in [3.05, 3.63) is 35.1 Å². The van der Waals surface area contributed by atoms with Crippen molar-refractivity contribution >= 4 is 39.0 Å². The third-order valence-electron chi connectivity index (χ3n) is 4.18. The van der Waals surface area contributed by atoms with Crippen LogP contribution in [-0.4, -0.2) is 59.3 Å². The van der Waals surface area contributed by atoms with Gasteiger partial charge in [-0.2, -0.15) is 0 Å². The van der Waals surface area contributed by atoms with Crippen LogP contribution >= 0.6 is 11.3 Å². The molecule has 3 heterocycles. The van der Waals surface area contributed by atoms with Crippen LogP contribution in [0.5, 0.6) is 5.88 Å². The molecule has 3 aromatic rings. The van der Waals surface area contributed by atoms with Crippen molar-refractivity contribution in [2.45, 2.75) is 13.3 Å². The van der Waals surface area contributed by atoms with Gasteiger partial charge in [0.05, 0.1) is 16.9 Å². The second-order valence-corrected chi connectivity index (χ2v) is 7.22. The quantitative estimate of drug-likeness (QED) is 0.370. The molecule has 0 spiro atoms. The number of aliphatic hydroxyl groups excluding tert-OH is 1. The zero-order chi connectivity index (χ0) is 20.6. The molecule has 0 aliphatic carbocycles. The number of nitrogens with one attached hydrogen (secondary N) is 3. The van der Waals surface area contributed by atoms with E-state index < -0.39 is 0 Å². The molecule has 29 heavy (non-hydrogen) atoms. The van der Waals surface area contributed by atoms with Crippen LogP contribution in [0.25, 0.3) is 10.2 Å². The van der Waals surface area contributed by atoms with E-state index in [0.717, 1.165) is 28.7 Å². The smallest absolute Gasteiger partial charge is 0.261 e. The lowest BCUT2D eigenvalue weighted by molar-refractivity contribution is 0.0957. The molecular formula is C19H24N6O3S. The van der Waals surface area contributed by atoms with Crippen LogP contribution < -0.4 is 20.7 Å². The number of carbonyl (C=O) groups is 1. The highest BCUT2D eigenvalue weighted by molar-refractivity contribution is 7.20. The summed E-state index contributed by atoms with van der Waals surface area (Å²) in [5.74, 6) is 0.824. The van der Waals surface area contributed by atoms with Crippen LogP contribution in [-0.2, 0) is 0 Å². The zero-order valence-electron chi connectivity index (χ0n) is 16.4. The number of ether oxygens (including phenoxy) is 1. The molecule has 0 saturated carbocycles. The number of carbonyl (C=O) groups excluding carboxylic acids is 1. The van der Waals surface area contributed by atoms with Gasteiger partial charge in [-0.15, -0.1) is 11.3 Å². The van der Waals surface area contributed by atoms with Gasteiger partial charge in [0.15, 0.2) is 0 Å². The van der Waals surface area contributed by atoms with Gasteiger partial charge in [0, 0.05) is 12.7 Å². The molecule has 3 aromatic heterocycles. The van der Waals surface area contributed by atoms with E-state index in [2.05, 4.69) is 30.9 Å². The summed E-state index contributed by atoms with van der Waals surface area (Å²) < 4.78 is 5.47. The molecule has 0 aliphatic heterocycles. The predicted molar refractivity (Wildman–Crippen MR) is 113 cm³/mol. The lowest BCUT2D eigenvalue weighted by Crippen LogP contribution is -2.26. The monoisotopic (exact) mass is 416 g/mol. The van der Waals surface area contributed by atoms with Crippen molar-refractivity contribution in [1.29, 1.82) is 0 Å². The fraction of sp³-hybridized carbons (Fsp3) is 0.368. The standard InChI is InChI=1S/C19H24N6O3S/c1-12-14-16(25-13-5-3-7-22-18(13)28-10-9-26)23-11-24-19(14)29-15(12)17(27)21-8-4-6-20-2/h3,5,7,11,20,26H,4,6,8-10H2,1-2H3,(H,21,27)(H,23,24,25). The highest BCUT2D eigenvalue weighted by Crippen LogP contribution is 2.35. The molecule has 1 amide bonds. The molecule has 4 N–H and O–H groups in total. The summed E-state index contributed by atoms with van der Waals surface area (Å²) in [6.07, 6.45) is 3.93. The van der Waals surface area contributed by atoms with E-state index in [-0.39, 0.29) is 19.1 Å². The summed E-state index contributed by atoms with van der Waals surface area (Å²) in [5.41, 5.74) is 1.44. The van der Waals surface area contributed by atoms with Gasteiger partial charge in [-0.1, -0.05) is 0 Å². The predicted octanol–water partition coefficient (Wildman–Crippen LogP) is 1.85. The zero-order valence-corrected chi connectivity index (χ0v) is 17.2. The first kappa shape index (κ1) is 20.9. The maximum Gasteiger partial charge on any atom is 0.261 e. The van der Waals surface area contributed by atoms with E-state index in [1.807, 2.05) is 20.0 Å².